The van der Waals surface area contributed by atoms with E-state index in [-0.39, 0.29) is 10.9 Å². The molecule has 1 aliphatic carbocycles. The molecule has 2 N–H and O–H groups in total. The van der Waals surface area contributed by atoms with Crippen LogP contribution in [0.1, 0.15) is 12.8 Å². The molecule has 7 heteroatoms. The second-order valence-corrected chi connectivity index (χ2v) is 5.17. The minimum atomic E-state index is -3.62. The van der Waals surface area contributed by atoms with Crippen LogP contribution in [0.5, 0.6) is 0 Å². The Bertz CT molecular complexity index is 469. The quantitative estimate of drug-likeness (QED) is 0.754. The maximum absolute atomic E-state index is 11.7. The molecule has 0 saturated heterocycles. The SMILES string of the molecule is N#CC(NS(=O)(=O)c1ccn[nH]1)C1CC1. The average Bonchev–Trinajstić information content (AvgIpc) is 2.88. The molecule has 1 aromatic heterocycles. The Morgan fingerprint density at radius 1 is 1.67 bits per heavy atom. The zero-order valence-electron chi connectivity index (χ0n) is 7.84. The summed E-state index contributed by atoms with van der Waals surface area (Å²) in [4.78, 5) is 0. The first-order chi connectivity index (χ1) is 7.13. The normalized spacial score (nSPS) is 18.3. The Morgan fingerprint density at radius 2 is 2.40 bits per heavy atom. The number of sulfonamides is 1. The minimum absolute atomic E-state index is 0.0107. The van der Waals surface area contributed by atoms with Crippen LogP contribution < -0.4 is 4.72 Å². The number of hydrogen-bond donors (Lipinski definition) is 2. The number of aromatic amines is 1. The third-order valence-corrected chi connectivity index (χ3v) is 3.65. The van der Waals surface area contributed by atoms with Crippen LogP contribution in [0.4, 0.5) is 0 Å². The molecule has 2 rings (SSSR count). The summed E-state index contributed by atoms with van der Waals surface area (Å²) in [5.41, 5.74) is 0. The second kappa shape index (κ2) is 3.64. The predicted octanol–water partition coefficient (Wildman–Crippen LogP) is -0.00982. The zero-order valence-corrected chi connectivity index (χ0v) is 8.66. The Balaban J connectivity index is 2.14. The van der Waals surface area contributed by atoms with E-state index >= 15 is 0 Å². The topological polar surface area (TPSA) is 98.6 Å². The lowest BCUT2D eigenvalue weighted by Crippen LogP contribution is -2.35. The van der Waals surface area contributed by atoms with Gasteiger partial charge in [0.15, 0.2) is 5.03 Å². The summed E-state index contributed by atoms with van der Waals surface area (Å²) in [6, 6.07) is 2.68. The maximum Gasteiger partial charge on any atom is 0.258 e. The summed E-state index contributed by atoms with van der Waals surface area (Å²) >= 11 is 0. The molecule has 1 unspecified atom stereocenters. The zero-order chi connectivity index (χ0) is 10.9. The summed E-state index contributed by atoms with van der Waals surface area (Å²) in [6.07, 6.45) is 3.17. The Labute approximate surface area is 87.4 Å². The first-order valence-corrected chi connectivity index (χ1v) is 6.03. The van der Waals surface area contributed by atoms with Crippen molar-refractivity contribution in [1.82, 2.24) is 14.9 Å². The van der Waals surface area contributed by atoms with Gasteiger partial charge >= 0.3 is 0 Å². The number of nitrogens with one attached hydrogen (secondary N) is 2. The molecule has 1 atom stereocenters. The number of nitrogens with zero attached hydrogens (tertiary/aromatic N) is 2. The van der Waals surface area contributed by atoms with Crippen LogP contribution in [0.2, 0.25) is 0 Å². The van der Waals surface area contributed by atoms with Gasteiger partial charge in [-0.25, -0.2) is 8.42 Å². The van der Waals surface area contributed by atoms with Crippen LogP contribution in [0.3, 0.4) is 0 Å². The summed E-state index contributed by atoms with van der Waals surface area (Å²) in [6.45, 7) is 0. The van der Waals surface area contributed by atoms with Gasteiger partial charge in [-0.15, -0.1) is 0 Å². The number of hydrogen-bond acceptors (Lipinski definition) is 4. The largest absolute Gasteiger partial charge is 0.266 e. The lowest BCUT2D eigenvalue weighted by atomic mass is 10.2. The van der Waals surface area contributed by atoms with Crippen LogP contribution >= 0.6 is 0 Å². The Morgan fingerprint density at radius 3 is 2.87 bits per heavy atom. The molecule has 0 radical (unpaired) electrons. The van der Waals surface area contributed by atoms with Crippen LogP contribution in [-0.2, 0) is 10.0 Å². The molecule has 0 aliphatic heterocycles. The molecule has 15 heavy (non-hydrogen) atoms. The van der Waals surface area contributed by atoms with Gasteiger partial charge in [0.25, 0.3) is 10.0 Å². The molecule has 0 spiro atoms. The third-order valence-electron chi connectivity index (χ3n) is 2.28. The molecular formula is C8H10N4O2S. The van der Waals surface area contributed by atoms with E-state index in [1.165, 1.54) is 12.3 Å². The van der Waals surface area contributed by atoms with Crippen LogP contribution in [0.15, 0.2) is 17.3 Å². The van der Waals surface area contributed by atoms with E-state index in [1.54, 1.807) is 0 Å². The fraction of sp³-hybridized carbons (Fsp3) is 0.500. The van der Waals surface area contributed by atoms with Crippen molar-refractivity contribution in [3.05, 3.63) is 12.3 Å². The summed E-state index contributed by atoms with van der Waals surface area (Å²) in [5, 5.41) is 14.7. The highest BCUT2D eigenvalue weighted by Gasteiger charge is 2.34. The minimum Gasteiger partial charge on any atom is -0.266 e. The molecule has 1 aliphatic rings. The van der Waals surface area contributed by atoms with Gasteiger partial charge in [-0.05, 0) is 24.8 Å². The van der Waals surface area contributed by atoms with E-state index in [4.69, 9.17) is 5.26 Å². The lowest BCUT2D eigenvalue weighted by Gasteiger charge is -2.09. The monoisotopic (exact) mass is 226 g/mol. The van der Waals surface area contributed by atoms with Gasteiger partial charge in [-0.1, -0.05) is 0 Å². The molecule has 0 amide bonds. The molecule has 1 aromatic rings. The fourth-order valence-electron chi connectivity index (χ4n) is 1.28. The first kappa shape index (κ1) is 10.1. The summed E-state index contributed by atoms with van der Waals surface area (Å²) in [5.74, 6) is 0.160. The van der Waals surface area contributed by atoms with Gasteiger partial charge in [0.1, 0.15) is 6.04 Å². The standard InChI is InChI=1S/C8H10N4O2S/c9-5-7(6-1-2-6)12-15(13,14)8-3-4-10-11-8/h3-4,6-7,12H,1-2H2,(H,10,11). The van der Waals surface area contributed by atoms with E-state index in [9.17, 15) is 8.42 Å². The van der Waals surface area contributed by atoms with Gasteiger partial charge in [0.05, 0.1) is 12.3 Å². The molecule has 1 heterocycles. The number of rotatable bonds is 4. The van der Waals surface area contributed by atoms with Gasteiger partial charge in [-0.3, -0.25) is 5.10 Å². The highest BCUT2D eigenvalue weighted by molar-refractivity contribution is 7.89. The molecule has 80 valence electrons. The first-order valence-electron chi connectivity index (χ1n) is 4.55. The van der Waals surface area contributed by atoms with Gasteiger partial charge in [0.2, 0.25) is 0 Å². The van der Waals surface area contributed by atoms with Crippen LogP contribution in [0.25, 0.3) is 0 Å². The molecular weight excluding hydrogens is 216 g/mol. The van der Waals surface area contributed by atoms with E-state index in [2.05, 4.69) is 14.9 Å². The lowest BCUT2D eigenvalue weighted by molar-refractivity contribution is 0.556. The van der Waals surface area contributed by atoms with Crippen molar-refractivity contribution >= 4 is 10.0 Å². The molecule has 1 fully saturated rings. The van der Waals surface area contributed by atoms with E-state index in [0.29, 0.717) is 0 Å². The molecule has 6 nitrogen and oxygen atoms in total. The van der Waals surface area contributed by atoms with Crippen molar-refractivity contribution in [3.8, 4) is 6.07 Å². The summed E-state index contributed by atoms with van der Waals surface area (Å²) in [7, 11) is -3.62. The average molecular weight is 226 g/mol. The van der Waals surface area contributed by atoms with Crippen molar-refractivity contribution in [2.75, 3.05) is 0 Å². The van der Waals surface area contributed by atoms with Crippen molar-refractivity contribution in [1.29, 1.82) is 5.26 Å². The van der Waals surface area contributed by atoms with E-state index in [1.807, 2.05) is 6.07 Å². The van der Waals surface area contributed by atoms with Crippen molar-refractivity contribution < 1.29 is 8.42 Å². The predicted molar refractivity (Wildman–Crippen MR) is 51.0 cm³/mol. The van der Waals surface area contributed by atoms with Gasteiger partial charge < -0.3 is 0 Å². The maximum atomic E-state index is 11.7. The molecule has 0 bridgehead atoms. The Hall–Kier alpha value is -1.39. The fourth-order valence-corrected chi connectivity index (χ4v) is 2.40. The molecule has 1 saturated carbocycles. The number of H-pyrrole nitrogens is 1. The smallest absolute Gasteiger partial charge is 0.258 e. The van der Waals surface area contributed by atoms with Gasteiger partial charge in [-0.2, -0.15) is 15.1 Å². The Kier molecular flexibility index (Phi) is 2.46. The van der Waals surface area contributed by atoms with Crippen molar-refractivity contribution in [2.24, 2.45) is 5.92 Å². The van der Waals surface area contributed by atoms with Gasteiger partial charge in [0, 0.05) is 0 Å². The third kappa shape index (κ3) is 2.16. The van der Waals surface area contributed by atoms with E-state index in [0.717, 1.165) is 12.8 Å². The highest BCUT2D eigenvalue weighted by Crippen LogP contribution is 2.32. The number of nitriles is 1. The second-order valence-electron chi connectivity index (χ2n) is 3.49. The van der Waals surface area contributed by atoms with Crippen LogP contribution in [0, 0.1) is 17.2 Å². The molecule has 0 aromatic carbocycles. The van der Waals surface area contributed by atoms with Crippen LogP contribution in [-0.4, -0.2) is 24.7 Å². The van der Waals surface area contributed by atoms with E-state index < -0.39 is 16.1 Å². The highest BCUT2D eigenvalue weighted by atomic mass is 32.2. The van der Waals surface area contributed by atoms with Crippen molar-refractivity contribution in [3.63, 3.8) is 0 Å². The van der Waals surface area contributed by atoms with Crippen molar-refractivity contribution in [2.45, 2.75) is 23.9 Å². The number of aromatic nitrogens is 2. The summed E-state index contributed by atoms with van der Waals surface area (Å²) < 4.78 is 25.7.